The van der Waals surface area contributed by atoms with E-state index in [-0.39, 0.29) is 13.0 Å². The monoisotopic (exact) mass is 493 g/mol. The van der Waals surface area contributed by atoms with Crippen molar-refractivity contribution >= 4 is 87.8 Å². The van der Waals surface area contributed by atoms with E-state index in [4.69, 9.17) is 69.6 Å². The number of amides is 2. The number of alkyl carbamates (subject to hydrolysis) is 2. The van der Waals surface area contributed by atoms with E-state index in [2.05, 4.69) is 20.1 Å². The van der Waals surface area contributed by atoms with Crippen molar-refractivity contribution in [3.63, 3.8) is 0 Å². The zero-order valence-corrected chi connectivity index (χ0v) is 17.6. The molecule has 2 N–H and O–H groups in total. The molecule has 0 spiro atoms. The van der Waals surface area contributed by atoms with Crippen LogP contribution in [0.2, 0.25) is 0 Å². The lowest BCUT2D eigenvalue weighted by Gasteiger charge is -2.16. The summed E-state index contributed by atoms with van der Waals surface area (Å²) in [5.74, 6) is -1.51. The Morgan fingerprint density at radius 1 is 0.846 bits per heavy atom. The number of carbonyl (C=O) groups is 3. The van der Waals surface area contributed by atoms with Crippen molar-refractivity contribution in [3.8, 4) is 0 Å². The minimum atomic E-state index is -1.81. The number of halogens is 6. The van der Waals surface area contributed by atoms with Crippen molar-refractivity contribution < 1.29 is 29.0 Å². The third kappa shape index (κ3) is 16.0. The topological polar surface area (TPSA) is 114 Å². The van der Waals surface area contributed by atoms with Gasteiger partial charge in [-0.2, -0.15) is 0 Å². The number of unbranched alkanes of at least 4 members (excludes halogenated alkanes) is 1. The molecule has 2 amide bonds. The fraction of sp³-hybridized carbons (Fsp3) is 0.750. The van der Waals surface area contributed by atoms with Gasteiger partial charge >= 0.3 is 18.2 Å². The number of nitrogens with one attached hydrogen (secondary N) is 2. The molecule has 8 nitrogen and oxygen atoms in total. The molecule has 0 aromatic rings. The number of carbonyl (C=O) groups excluding carboxylic acids is 3. The molecule has 0 aliphatic rings. The molecule has 14 heteroatoms. The first-order valence-corrected chi connectivity index (χ1v) is 9.25. The molecule has 0 saturated heterocycles. The molecule has 0 bridgehead atoms. The van der Waals surface area contributed by atoms with Crippen molar-refractivity contribution in [2.75, 3.05) is 19.8 Å². The summed E-state index contributed by atoms with van der Waals surface area (Å²) in [4.78, 5) is 33.7. The molecule has 0 unspecified atom stereocenters. The quantitative estimate of drug-likeness (QED) is 0.374. The first-order chi connectivity index (χ1) is 11.8. The zero-order valence-electron chi connectivity index (χ0n) is 13.0. The van der Waals surface area contributed by atoms with Gasteiger partial charge in [0.15, 0.2) is 0 Å². The second-order valence-electron chi connectivity index (χ2n) is 4.82. The molecule has 1 radical (unpaired) electrons. The zero-order chi connectivity index (χ0) is 20.4. The van der Waals surface area contributed by atoms with Gasteiger partial charge in [0.2, 0.25) is 7.59 Å². The van der Waals surface area contributed by atoms with Gasteiger partial charge in [-0.1, -0.05) is 69.6 Å². The molecule has 151 valence electrons. The largest absolute Gasteiger partial charge is 0.445 e. The van der Waals surface area contributed by atoms with Gasteiger partial charge in [0.25, 0.3) is 0 Å². The first kappa shape index (κ1) is 25.8. The molecule has 0 aromatic heterocycles. The van der Waals surface area contributed by atoms with Crippen LogP contribution < -0.4 is 10.6 Å². The van der Waals surface area contributed by atoms with Crippen LogP contribution in [0, 0.1) is 0 Å². The fourth-order valence-corrected chi connectivity index (χ4v) is 1.77. The number of hydrogen-bond acceptors (Lipinski definition) is 5. The molecule has 0 saturated carbocycles. The molecule has 1 atom stereocenters. The van der Waals surface area contributed by atoms with Gasteiger partial charge < -0.3 is 20.1 Å². The molecule has 0 rings (SSSR count). The molecule has 0 aromatic carbocycles. The molecule has 0 heterocycles. The van der Waals surface area contributed by atoms with Gasteiger partial charge in [-0.3, -0.25) is 0 Å². The molecular weight excluding hydrogens is 481 g/mol. The summed E-state index contributed by atoms with van der Waals surface area (Å²) in [6, 6.07) is -1.31. The van der Waals surface area contributed by atoms with Gasteiger partial charge in [0.05, 0.1) is 0 Å². The van der Waals surface area contributed by atoms with Gasteiger partial charge in [0.1, 0.15) is 19.3 Å². The Morgan fingerprint density at radius 3 is 1.81 bits per heavy atom. The summed E-state index contributed by atoms with van der Waals surface area (Å²) in [5, 5.41) is 15.5. The van der Waals surface area contributed by atoms with Crippen LogP contribution in [0.1, 0.15) is 19.3 Å². The van der Waals surface area contributed by atoms with Crippen LogP contribution in [0.25, 0.3) is 0 Å². The minimum absolute atomic E-state index is 0.0239. The van der Waals surface area contributed by atoms with Crippen molar-refractivity contribution in [1.29, 1.82) is 0 Å². The highest BCUT2D eigenvalue weighted by molar-refractivity contribution is 6.68. The van der Waals surface area contributed by atoms with Crippen LogP contribution in [-0.2, 0) is 19.4 Å². The lowest BCUT2D eigenvalue weighted by molar-refractivity contribution is -0.145. The highest BCUT2D eigenvalue weighted by atomic mass is 35.6. The SMILES string of the molecule is [O]C(=O)[C@H](CCCCNC(=O)OCC(Cl)(Cl)Cl)NC(=O)OCC(Cl)(Cl)Cl. The first-order valence-electron chi connectivity index (χ1n) is 6.98. The average molecular weight is 496 g/mol. The Balaban J connectivity index is 4.02. The van der Waals surface area contributed by atoms with E-state index in [9.17, 15) is 19.5 Å². The lowest BCUT2D eigenvalue weighted by atomic mass is 10.1. The number of rotatable bonds is 9. The van der Waals surface area contributed by atoms with Crippen molar-refractivity contribution in [3.05, 3.63) is 0 Å². The summed E-state index contributed by atoms with van der Waals surface area (Å²) in [5.41, 5.74) is 0. The van der Waals surface area contributed by atoms with E-state index < -0.39 is 45.0 Å². The number of ether oxygens (including phenoxy) is 2. The Labute approximate surface area is 179 Å². The van der Waals surface area contributed by atoms with Crippen LogP contribution >= 0.6 is 69.6 Å². The predicted molar refractivity (Wildman–Crippen MR) is 97.7 cm³/mol. The van der Waals surface area contributed by atoms with E-state index in [0.717, 1.165) is 0 Å². The van der Waals surface area contributed by atoms with E-state index >= 15 is 0 Å². The normalized spacial score (nSPS) is 12.8. The molecule has 26 heavy (non-hydrogen) atoms. The predicted octanol–water partition coefficient (Wildman–Crippen LogP) is 3.68. The molecule has 0 aliphatic heterocycles. The maximum absolute atomic E-state index is 11.4. The maximum atomic E-state index is 11.4. The van der Waals surface area contributed by atoms with Crippen LogP contribution in [0.3, 0.4) is 0 Å². The van der Waals surface area contributed by atoms with Crippen LogP contribution in [0.5, 0.6) is 0 Å². The summed E-state index contributed by atoms with van der Waals surface area (Å²) in [6.07, 6.45) is -1.12. The van der Waals surface area contributed by atoms with E-state index in [1.54, 1.807) is 0 Å². The average Bonchev–Trinajstić information content (AvgIpc) is 2.47. The highest BCUT2D eigenvalue weighted by Gasteiger charge is 2.26. The van der Waals surface area contributed by atoms with E-state index in [1.807, 2.05) is 0 Å². The van der Waals surface area contributed by atoms with Crippen molar-refractivity contribution in [1.82, 2.24) is 10.6 Å². The second kappa shape index (κ2) is 12.3. The van der Waals surface area contributed by atoms with Gasteiger partial charge in [-0.25, -0.2) is 19.5 Å². The van der Waals surface area contributed by atoms with Crippen molar-refractivity contribution in [2.45, 2.75) is 32.9 Å². The Kier molecular flexibility index (Phi) is 12.1. The van der Waals surface area contributed by atoms with Crippen molar-refractivity contribution in [2.24, 2.45) is 0 Å². The second-order valence-corrected chi connectivity index (χ2v) is 9.85. The van der Waals surface area contributed by atoms with Crippen LogP contribution in [-0.4, -0.2) is 51.5 Å². The number of hydrogen-bond donors (Lipinski definition) is 2. The minimum Gasteiger partial charge on any atom is -0.445 e. The van der Waals surface area contributed by atoms with Crippen LogP contribution in [0.15, 0.2) is 0 Å². The van der Waals surface area contributed by atoms with Gasteiger partial charge in [-0.15, -0.1) is 0 Å². The Morgan fingerprint density at radius 2 is 1.35 bits per heavy atom. The summed E-state index contributed by atoms with van der Waals surface area (Å²) < 4.78 is 5.65. The van der Waals surface area contributed by atoms with Gasteiger partial charge in [-0.05, 0) is 19.3 Å². The third-order valence-electron chi connectivity index (χ3n) is 2.50. The number of alkyl halides is 6. The standard InChI is InChI=1S/C12H15Cl6N2O6/c13-11(14,15)5-25-9(23)19-4-2-1-3-7(8(21)22)20-10(24)26-6-12(16,17)18/h7H,1-6H2,(H,19,23)(H,20,24)/t7-/m0/s1. The fourth-order valence-electron chi connectivity index (χ4n) is 1.44. The lowest BCUT2D eigenvalue weighted by Crippen LogP contribution is -2.41. The van der Waals surface area contributed by atoms with E-state index in [0.29, 0.717) is 12.8 Å². The molecule has 0 fully saturated rings. The van der Waals surface area contributed by atoms with E-state index in [1.165, 1.54) is 0 Å². The summed E-state index contributed by atoms with van der Waals surface area (Å²) in [6.45, 7) is -0.795. The van der Waals surface area contributed by atoms with Gasteiger partial charge in [0, 0.05) is 6.54 Å². The van der Waals surface area contributed by atoms with Crippen LogP contribution in [0.4, 0.5) is 9.59 Å². The summed E-state index contributed by atoms with van der Waals surface area (Å²) >= 11 is 32.4. The molecule has 0 aliphatic carbocycles. The summed E-state index contributed by atoms with van der Waals surface area (Å²) in [7, 11) is 0. The molecular formula is C12H15Cl6N2O6. The third-order valence-corrected chi connectivity index (χ3v) is 3.15. The Hall–Kier alpha value is -0.250. The smallest absolute Gasteiger partial charge is 0.407 e. The Bertz CT molecular complexity index is 482. The highest BCUT2D eigenvalue weighted by Crippen LogP contribution is 2.26. The maximum Gasteiger partial charge on any atom is 0.407 e.